The number of imidazole rings is 1. The van der Waals surface area contributed by atoms with Crippen LogP contribution in [-0.4, -0.2) is 39.6 Å². The van der Waals surface area contributed by atoms with E-state index in [2.05, 4.69) is 37.1 Å². The Balaban J connectivity index is 2.10. The van der Waals surface area contributed by atoms with E-state index in [9.17, 15) is 0 Å². The van der Waals surface area contributed by atoms with E-state index < -0.39 is 0 Å². The van der Waals surface area contributed by atoms with Crippen molar-refractivity contribution in [1.29, 1.82) is 0 Å². The Morgan fingerprint density at radius 1 is 1.39 bits per heavy atom. The third-order valence-corrected chi connectivity index (χ3v) is 3.57. The van der Waals surface area contributed by atoms with Crippen molar-refractivity contribution in [3.8, 4) is 0 Å². The fourth-order valence-corrected chi connectivity index (χ4v) is 2.55. The summed E-state index contributed by atoms with van der Waals surface area (Å²) in [6.07, 6.45) is 5.41. The van der Waals surface area contributed by atoms with Crippen molar-refractivity contribution in [3.05, 3.63) is 6.33 Å². The van der Waals surface area contributed by atoms with Gasteiger partial charge in [-0.3, -0.25) is 0 Å². The Morgan fingerprint density at radius 3 is 3.06 bits per heavy atom. The molecule has 1 aliphatic heterocycles. The summed E-state index contributed by atoms with van der Waals surface area (Å²) >= 11 is 0. The van der Waals surface area contributed by atoms with Gasteiger partial charge in [0.1, 0.15) is 5.52 Å². The van der Waals surface area contributed by atoms with E-state index in [4.69, 9.17) is 0 Å². The van der Waals surface area contributed by atoms with E-state index in [0.717, 1.165) is 23.5 Å². The molecule has 0 radical (unpaired) electrons. The molecular formula is C12H18N6. The van der Waals surface area contributed by atoms with Crippen molar-refractivity contribution >= 4 is 22.9 Å². The number of fused-ring (bicyclic) bond motifs is 1. The van der Waals surface area contributed by atoms with Gasteiger partial charge in [0, 0.05) is 19.6 Å². The highest BCUT2D eigenvalue weighted by atomic mass is 15.3. The Bertz CT molecular complexity index is 548. The van der Waals surface area contributed by atoms with Crippen LogP contribution in [-0.2, 0) is 0 Å². The molecule has 2 aromatic heterocycles. The number of aromatic nitrogens is 4. The summed E-state index contributed by atoms with van der Waals surface area (Å²) in [7, 11) is 1.83. The van der Waals surface area contributed by atoms with E-state index in [-0.39, 0.29) is 0 Å². The molecule has 0 aliphatic carbocycles. The van der Waals surface area contributed by atoms with Gasteiger partial charge in [-0.2, -0.15) is 9.97 Å². The van der Waals surface area contributed by atoms with E-state index >= 15 is 0 Å². The van der Waals surface area contributed by atoms with Crippen molar-refractivity contribution in [2.45, 2.75) is 32.2 Å². The number of H-pyrrole nitrogens is 1. The summed E-state index contributed by atoms with van der Waals surface area (Å²) in [5.74, 6) is 1.59. The Hall–Kier alpha value is -1.85. The minimum absolute atomic E-state index is 0.518. The van der Waals surface area contributed by atoms with Crippen LogP contribution in [0.4, 0.5) is 11.8 Å². The third-order valence-electron chi connectivity index (χ3n) is 3.57. The molecule has 0 spiro atoms. The summed E-state index contributed by atoms with van der Waals surface area (Å²) in [4.78, 5) is 18.7. The van der Waals surface area contributed by atoms with Gasteiger partial charge in [-0.15, -0.1) is 0 Å². The number of aromatic amines is 1. The van der Waals surface area contributed by atoms with Crippen molar-refractivity contribution in [1.82, 2.24) is 19.9 Å². The molecule has 3 heterocycles. The van der Waals surface area contributed by atoms with Crippen LogP contribution >= 0.6 is 0 Å². The average molecular weight is 246 g/mol. The lowest BCUT2D eigenvalue weighted by Crippen LogP contribution is -2.38. The average Bonchev–Trinajstić information content (AvgIpc) is 2.86. The first-order valence-electron chi connectivity index (χ1n) is 6.45. The maximum atomic E-state index is 4.60. The van der Waals surface area contributed by atoms with Gasteiger partial charge < -0.3 is 15.2 Å². The lowest BCUT2D eigenvalue weighted by molar-refractivity contribution is 0.482. The second kappa shape index (κ2) is 4.44. The Kier molecular flexibility index (Phi) is 2.77. The van der Waals surface area contributed by atoms with Crippen LogP contribution in [0.25, 0.3) is 11.2 Å². The van der Waals surface area contributed by atoms with Gasteiger partial charge >= 0.3 is 0 Å². The number of hydrogen-bond acceptors (Lipinski definition) is 5. The van der Waals surface area contributed by atoms with Crippen LogP contribution < -0.4 is 10.2 Å². The normalized spacial score (nSPS) is 20.3. The molecule has 1 unspecified atom stereocenters. The summed E-state index contributed by atoms with van der Waals surface area (Å²) in [5.41, 5.74) is 1.66. The Morgan fingerprint density at radius 2 is 2.28 bits per heavy atom. The van der Waals surface area contributed by atoms with E-state index in [1.165, 1.54) is 19.3 Å². The molecule has 1 aliphatic rings. The fourth-order valence-electron chi connectivity index (χ4n) is 2.55. The second-order valence-electron chi connectivity index (χ2n) is 4.76. The van der Waals surface area contributed by atoms with Crippen molar-refractivity contribution in [2.75, 3.05) is 23.8 Å². The SMILES string of the molecule is CNc1nc(N2CCCCC2C)c2[nH]cnc2n1. The first kappa shape index (κ1) is 11.3. The monoisotopic (exact) mass is 246 g/mol. The van der Waals surface area contributed by atoms with E-state index in [0.29, 0.717) is 12.0 Å². The molecule has 2 aromatic rings. The molecule has 18 heavy (non-hydrogen) atoms. The number of hydrogen-bond donors (Lipinski definition) is 2. The topological polar surface area (TPSA) is 69.7 Å². The van der Waals surface area contributed by atoms with Crippen LogP contribution in [0.2, 0.25) is 0 Å². The molecule has 0 aromatic carbocycles. The first-order chi connectivity index (χ1) is 8.79. The zero-order valence-corrected chi connectivity index (χ0v) is 10.8. The molecule has 1 saturated heterocycles. The van der Waals surface area contributed by atoms with Crippen molar-refractivity contribution < 1.29 is 0 Å². The minimum atomic E-state index is 0.518. The second-order valence-corrected chi connectivity index (χ2v) is 4.76. The van der Waals surface area contributed by atoms with Gasteiger partial charge in [0.2, 0.25) is 5.95 Å². The van der Waals surface area contributed by atoms with Crippen LogP contribution in [0.15, 0.2) is 6.33 Å². The number of rotatable bonds is 2. The lowest BCUT2D eigenvalue weighted by Gasteiger charge is -2.34. The molecule has 2 N–H and O–H groups in total. The molecule has 3 rings (SSSR count). The lowest BCUT2D eigenvalue weighted by atomic mass is 10.0. The third kappa shape index (κ3) is 1.77. The summed E-state index contributed by atoms with van der Waals surface area (Å²) in [5, 5.41) is 3.00. The smallest absolute Gasteiger partial charge is 0.226 e. The summed E-state index contributed by atoms with van der Waals surface area (Å²) in [6.45, 7) is 3.30. The minimum Gasteiger partial charge on any atom is -0.357 e. The quantitative estimate of drug-likeness (QED) is 0.845. The predicted molar refractivity (Wildman–Crippen MR) is 71.9 cm³/mol. The summed E-state index contributed by atoms with van der Waals surface area (Å²) in [6, 6.07) is 0.518. The van der Waals surface area contributed by atoms with Gasteiger partial charge in [-0.05, 0) is 26.2 Å². The highest BCUT2D eigenvalue weighted by molar-refractivity contribution is 5.84. The molecule has 6 nitrogen and oxygen atoms in total. The van der Waals surface area contributed by atoms with Gasteiger partial charge in [-0.25, -0.2) is 4.98 Å². The predicted octanol–water partition coefficient (Wildman–Crippen LogP) is 1.77. The van der Waals surface area contributed by atoms with Gasteiger partial charge in [0.25, 0.3) is 0 Å². The Labute approximate surface area is 106 Å². The summed E-state index contributed by atoms with van der Waals surface area (Å²) < 4.78 is 0. The standard InChI is InChI=1S/C12H18N6/c1-8-5-3-4-6-18(8)11-9-10(15-7-14-9)16-12(13-2)17-11/h7-8H,3-6H2,1-2H3,(H2,13,14,15,16,17). The zero-order valence-electron chi connectivity index (χ0n) is 10.8. The number of nitrogens with one attached hydrogen (secondary N) is 2. The molecule has 0 saturated carbocycles. The van der Waals surface area contributed by atoms with E-state index in [1.54, 1.807) is 6.33 Å². The van der Waals surface area contributed by atoms with Gasteiger partial charge in [0.05, 0.1) is 6.33 Å². The number of anilines is 2. The van der Waals surface area contributed by atoms with E-state index in [1.807, 2.05) is 7.05 Å². The zero-order chi connectivity index (χ0) is 12.5. The fraction of sp³-hybridized carbons (Fsp3) is 0.583. The van der Waals surface area contributed by atoms with Crippen molar-refractivity contribution in [3.63, 3.8) is 0 Å². The molecule has 0 bridgehead atoms. The number of piperidine rings is 1. The number of nitrogens with zero attached hydrogens (tertiary/aromatic N) is 4. The van der Waals surface area contributed by atoms with Crippen LogP contribution in [0.3, 0.4) is 0 Å². The van der Waals surface area contributed by atoms with Gasteiger partial charge in [-0.1, -0.05) is 0 Å². The molecule has 1 fully saturated rings. The highest BCUT2D eigenvalue weighted by Crippen LogP contribution is 2.28. The van der Waals surface area contributed by atoms with Gasteiger partial charge in [0.15, 0.2) is 11.5 Å². The molecule has 1 atom stereocenters. The molecule has 6 heteroatoms. The van der Waals surface area contributed by atoms with Crippen LogP contribution in [0, 0.1) is 0 Å². The van der Waals surface area contributed by atoms with Crippen LogP contribution in [0.5, 0.6) is 0 Å². The molecule has 0 amide bonds. The van der Waals surface area contributed by atoms with Crippen LogP contribution in [0.1, 0.15) is 26.2 Å². The maximum Gasteiger partial charge on any atom is 0.226 e. The molecular weight excluding hydrogens is 228 g/mol. The maximum absolute atomic E-state index is 4.60. The first-order valence-corrected chi connectivity index (χ1v) is 6.45. The highest BCUT2D eigenvalue weighted by Gasteiger charge is 2.23. The molecule has 96 valence electrons. The van der Waals surface area contributed by atoms with Crippen molar-refractivity contribution in [2.24, 2.45) is 0 Å². The largest absolute Gasteiger partial charge is 0.357 e.